The summed E-state index contributed by atoms with van der Waals surface area (Å²) >= 11 is 1.17. The van der Waals surface area contributed by atoms with E-state index in [1.54, 1.807) is 18.2 Å². The Kier molecular flexibility index (Phi) is 5.40. The van der Waals surface area contributed by atoms with E-state index in [4.69, 9.17) is 4.74 Å². The number of amides is 1. The van der Waals surface area contributed by atoms with Crippen LogP contribution in [-0.2, 0) is 21.3 Å². The summed E-state index contributed by atoms with van der Waals surface area (Å²) in [6, 6.07) is 14.4. The zero-order valence-corrected chi connectivity index (χ0v) is 16.6. The first-order chi connectivity index (χ1) is 13.5. The molecule has 0 spiro atoms. The number of ether oxygens (including phenoxy) is 1. The Bertz CT molecular complexity index is 1110. The molecular weight excluding hydrogens is 398 g/mol. The van der Waals surface area contributed by atoms with Gasteiger partial charge in [-0.3, -0.25) is 4.79 Å². The van der Waals surface area contributed by atoms with Crippen molar-refractivity contribution in [2.75, 3.05) is 26.3 Å². The summed E-state index contributed by atoms with van der Waals surface area (Å²) < 4.78 is 32.3. The van der Waals surface area contributed by atoms with Crippen LogP contribution in [0.2, 0.25) is 0 Å². The van der Waals surface area contributed by atoms with E-state index >= 15 is 0 Å². The maximum absolute atomic E-state index is 12.7. The molecule has 0 aliphatic carbocycles. The summed E-state index contributed by atoms with van der Waals surface area (Å²) in [5, 5.41) is 3.77. The van der Waals surface area contributed by atoms with Crippen LogP contribution in [0.5, 0.6) is 0 Å². The lowest BCUT2D eigenvalue weighted by Gasteiger charge is -2.25. The molecule has 7 nitrogen and oxygen atoms in total. The molecule has 4 rings (SSSR count). The van der Waals surface area contributed by atoms with E-state index in [0.717, 1.165) is 15.8 Å². The van der Waals surface area contributed by atoms with E-state index in [0.29, 0.717) is 32.0 Å². The van der Waals surface area contributed by atoms with E-state index in [9.17, 15) is 13.2 Å². The van der Waals surface area contributed by atoms with Crippen molar-refractivity contribution in [1.82, 2.24) is 14.6 Å². The molecule has 28 heavy (non-hydrogen) atoms. The average molecular weight is 418 g/mol. The zero-order chi connectivity index (χ0) is 19.6. The van der Waals surface area contributed by atoms with Crippen LogP contribution in [0.3, 0.4) is 0 Å². The minimum atomic E-state index is -3.51. The van der Waals surface area contributed by atoms with E-state index in [1.165, 1.54) is 15.6 Å². The fraction of sp³-hybridized carbons (Fsp3) is 0.263. The number of fused-ring (bicyclic) bond motifs is 1. The van der Waals surface area contributed by atoms with Gasteiger partial charge in [-0.2, -0.15) is 4.31 Å². The van der Waals surface area contributed by atoms with Crippen LogP contribution < -0.4 is 5.32 Å². The Balaban J connectivity index is 1.43. The van der Waals surface area contributed by atoms with Gasteiger partial charge in [0.25, 0.3) is 15.9 Å². The normalized spacial score (nSPS) is 15.6. The molecule has 1 aliphatic heterocycles. The first kappa shape index (κ1) is 19.0. The van der Waals surface area contributed by atoms with Crippen LogP contribution in [0.25, 0.3) is 10.9 Å². The number of carbonyl (C=O) groups is 1. The molecule has 0 unspecified atom stereocenters. The van der Waals surface area contributed by atoms with Gasteiger partial charge < -0.3 is 10.1 Å². The van der Waals surface area contributed by atoms with Crippen LogP contribution in [0, 0.1) is 0 Å². The molecule has 3 heterocycles. The fourth-order valence-corrected chi connectivity index (χ4v) is 5.81. The number of hydrogen-bond donors (Lipinski definition) is 1. The highest BCUT2D eigenvalue weighted by molar-refractivity contribution is 7.91. The fourth-order valence-electron chi connectivity index (χ4n) is 2.96. The highest BCUT2D eigenvalue weighted by atomic mass is 32.2. The molecule has 1 fully saturated rings. The number of aromatic nitrogens is 1. The summed E-state index contributed by atoms with van der Waals surface area (Å²) in [7, 11) is -3.51. The number of thiophene rings is 1. The first-order valence-electron chi connectivity index (χ1n) is 8.85. The number of pyridine rings is 1. The Hall–Kier alpha value is -2.33. The van der Waals surface area contributed by atoms with Gasteiger partial charge in [0.2, 0.25) is 0 Å². The SMILES string of the molecule is O=C(NCc1ccc(S(=O)(=O)N2CCOCC2)s1)c1ccc2ccccc2n1. The highest BCUT2D eigenvalue weighted by Gasteiger charge is 2.27. The summed E-state index contributed by atoms with van der Waals surface area (Å²) in [5.74, 6) is -0.295. The number of para-hydroxylation sites is 1. The van der Waals surface area contributed by atoms with Crippen molar-refractivity contribution in [3.63, 3.8) is 0 Å². The van der Waals surface area contributed by atoms with Crippen LogP contribution >= 0.6 is 11.3 Å². The van der Waals surface area contributed by atoms with Crippen molar-refractivity contribution in [3.8, 4) is 0 Å². The van der Waals surface area contributed by atoms with Crippen LogP contribution in [0.1, 0.15) is 15.4 Å². The van der Waals surface area contributed by atoms with Crippen molar-refractivity contribution in [1.29, 1.82) is 0 Å². The average Bonchev–Trinajstić information content (AvgIpc) is 3.22. The Morgan fingerprint density at radius 1 is 1.11 bits per heavy atom. The smallest absolute Gasteiger partial charge is 0.270 e. The molecular formula is C19H19N3O4S2. The third-order valence-corrected chi connectivity index (χ3v) is 7.91. The topological polar surface area (TPSA) is 88.6 Å². The number of morpholine rings is 1. The second-order valence-electron chi connectivity index (χ2n) is 6.31. The predicted molar refractivity (Wildman–Crippen MR) is 107 cm³/mol. The molecule has 1 N–H and O–H groups in total. The summed E-state index contributed by atoms with van der Waals surface area (Å²) in [6.07, 6.45) is 0. The van der Waals surface area contributed by atoms with Gasteiger partial charge >= 0.3 is 0 Å². The van der Waals surface area contributed by atoms with Gasteiger partial charge in [-0.15, -0.1) is 11.3 Å². The van der Waals surface area contributed by atoms with E-state index in [1.807, 2.05) is 30.3 Å². The van der Waals surface area contributed by atoms with Crippen molar-refractivity contribution in [2.45, 2.75) is 10.8 Å². The minimum Gasteiger partial charge on any atom is -0.379 e. The highest BCUT2D eigenvalue weighted by Crippen LogP contribution is 2.25. The van der Waals surface area contributed by atoms with Gasteiger partial charge in [0, 0.05) is 23.4 Å². The molecule has 3 aromatic rings. The third-order valence-electron chi connectivity index (χ3n) is 4.46. The maximum atomic E-state index is 12.7. The molecule has 2 aromatic heterocycles. The second-order valence-corrected chi connectivity index (χ2v) is 9.64. The van der Waals surface area contributed by atoms with Gasteiger partial charge in [0.05, 0.1) is 25.3 Å². The predicted octanol–water partition coefficient (Wildman–Crippen LogP) is 2.25. The van der Waals surface area contributed by atoms with Crippen molar-refractivity contribution >= 4 is 38.2 Å². The molecule has 1 amide bonds. The van der Waals surface area contributed by atoms with Gasteiger partial charge in [-0.1, -0.05) is 24.3 Å². The van der Waals surface area contributed by atoms with Gasteiger partial charge in [0.1, 0.15) is 9.90 Å². The second kappa shape index (κ2) is 7.96. The zero-order valence-electron chi connectivity index (χ0n) is 15.0. The summed E-state index contributed by atoms with van der Waals surface area (Å²) in [4.78, 5) is 17.5. The number of nitrogens with one attached hydrogen (secondary N) is 1. The quantitative estimate of drug-likeness (QED) is 0.688. The lowest BCUT2D eigenvalue weighted by Crippen LogP contribution is -2.40. The van der Waals surface area contributed by atoms with Gasteiger partial charge in [0.15, 0.2) is 0 Å². The number of carbonyl (C=O) groups excluding carboxylic acids is 1. The maximum Gasteiger partial charge on any atom is 0.270 e. The van der Waals surface area contributed by atoms with Crippen LogP contribution in [-0.4, -0.2) is 49.9 Å². The Labute approximate surface area is 167 Å². The molecule has 146 valence electrons. The number of hydrogen-bond acceptors (Lipinski definition) is 6. The molecule has 0 bridgehead atoms. The molecule has 0 saturated carbocycles. The van der Waals surface area contributed by atoms with Crippen molar-refractivity contribution < 1.29 is 17.9 Å². The standard InChI is InChI=1S/C19H19N3O4S2/c23-19(17-7-5-14-3-1-2-4-16(14)21-17)20-13-15-6-8-18(27-15)28(24,25)22-9-11-26-12-10-22/h1-8H,9-13H2,(H,20,23). The van der Waals surface area contributed by atoms with Gasteiger partial charge in [-0.25, -0.2) is 13.4 Å². The number of benzene rings is 1. The molecule has 0 radical (unpaired) electrons. The Morgan fingerprint density at radius 3 is 2.71 bits per heavy atom. The largest absolute Gasteiger partial charge is 0.379 e. The molecule has 1 saturated heterocycles. The first-order valence-corrected chi connectivity index (χ1v) is 11.1. The van der Waals surface area contributed by atoms with E-state index < -0.39 is 10.0 Å². The minimum absolute atomic E-state index is 0.247. The van der Waals surface area contributed by atoms with Crippen LogP contribution in [0.4, 0.5) is 0 Å². The van der Waals surface area contributed by atoms with E-state index in [-0.39, 0.29) is 16.7 Å². The number of nitrogens with zero attached hydrogens (tertiary/aromatic N) is 2. The molecule has 1 aromatic carbocycles. The lowest BCUT2D eigenvalue weighted by molar-refractivity contribution is 0.0731. The van der Waals surface area contributed by atoms with Crippen molar-refractivity contribution in [2.24, 2.45) is 0 Å². The monoisotopic (exact) mass is 417 g/mol. The molecule has 1 aliphatic rings. The van der Waals surface area contributed by atoms with Crippen LogP contribution in [0.15, 0.2) is 52.7 Å². The summed E-state index contributed by atoms with van der Waals surface area (Å²) in [6.45, 7) is 1.79. The third kappa shape index (κ3) is 3.93. The number of sulfonamides is 1. The number of rotatable bonds is 5. The molecule has 0 atom stereocenters. The Morgan fingerprint density at radius 2 is 1.89 bits per heavy atom. The van der Waals surface area contributed by atoms with Gasteiger partial charge in [-0.05, 0) is 24.3 Å². The van der Waals surface area contributed by atoms with E-state index in [2.05, 4.69) is 10.3 Å². The van der Waals surface area contributed by atoms with Crippen molar-refractivity contribution in [3.05, 3.63) is 59.1 Å². The molecule has 9 heteroatoms. The lowest BCUT2D eigenvalue weighted by atomic mass is 10.2. The summed E-state index contributed by atoms with van der Waals surface area (Å²) in [5.41, 5.74) is 1.08.